The van der Waals surface area contributed by atoms with Crippen molar-refractivity contribution < 1.29 is 0 Å². The fraction of sp³-hybridized carbons (Fsp3) is 1.00. The van der Waals surface area contributed by atoms with Crippen LogP contribution >= 0.6 is 0 Å². The van der Waals surface area contributed by atoms with E-state index in [0.717, 1.165) is 52.1 Å². The van der Waals surface area contributed by atoms with Crippen LogP contribution in [-0.2, 0) is 0 Å². The van der Waals surface area contributed by atoms with Crippen LogP contribution in [0.15, 0.2) is 0 Å². The van der Waals surface area contributed by atoms with Crippen LogP contribution in [0, 0.1) is 0 Å². The summed E-state index contributed by atoms with van der Waals surface area (Å²) in [6.07, 6.45) is 4.63. The molecule has 87 valence electrons. The number of hydrogen-bond acceptors (Lipinski definition) is 4. The van der Waals surface area contributed by atoms with Gasteiger partial charge in [0.1, 0.15) is 0 Å². The first-order valence-corrected chi connectivity index (χ1v) is 5.73. The zero-order valence-electron chi connectivity index (χ0n) is 10.2. The third-order valence-electron chi connectivity index (χ3n) is 2.07. The van der Waals surface area contributed by atoms with Crippen molar-refractivity contribution in [3.63, 3.8) is 0 Å². The van der Waals surface area contributed by atoms with Crippen molar-refractivity contribution in [1.29, 1.82) is 0 Å². The summed E-state index contributed by atoms with van der Waals surface area (Å²) in [5.74, 6) is 0. The van der Waals surface area contributed by atoms with E-state index < -0.39 is 0 Å². The summed E-state index contributed by atoms with van der Waals surface area (Å²) < 4.78 is 0. The molecule has 6 N–H and O–H groups in total. The minimum Gasteiger partial charge on any atom is -0.330 e. The third kappa shape index (κ3) is 17.5. The summed E-state index contributed by atoms with van der Waals surface area (Å²) in [7, 11) is 0. The predicted molar refractivity (Wildman–Crippen MR) is 68.1 cm³/mol. The fourth-order valence-corrected chi connectivity index (χ4v) is 1.20. The van der Waals surface area contributed by atoms with Gasteiger partial charge in [-0.15, -0.1) is 0 Å². The Balaban J connectivity index is 0. The van der Waals surface area contributed by atoms with Gasteiger partial charge in [-0.05, 0) is 65.0 Å². The molecule has 0 fully saturated rings. The number of nitrogens with two attached hydrogens (primary N) is 2. The second-order valence-corrected chi connectivity index (χ2v) is 3.49. The molecule has 0 saturated carbocycles. The maximum absolute atomic E-state index is 5.38. The van der Waals surface area contributed by atoms with E-state index >= 15 is 0 Å². The summed E-state index contributed by atoms with van der Waals surface area (Å²) >= 11 is 0. The van der Waals surface area contributed by atoms with E-state index in [2.05, 4.69) is 10.6 Å². The van der Waals surface area contributed by atoms with Crippen molar-refractivity contribution in [2.24, 2.45) is 11.5 Å². The van der Waals surface area contributed by atoms with Crippen LogP contribution in [0.2, 0.25) is 0 Å². The van der Waals surface area contributed by atoms with Crippen LogP contribution in [0.5, 0.6) is 0 Å². The van der Waals surface area contributed by atoms with Gasteiger partial charge in [-0.3, -0.25) is 0 Å². The van der Waals surface area contributed by atoms with E-state index in [1.54, 1.807) is 0 Å². The molecule has 0 aromatic heterocycles. The average Bonchev–Trinajstić information content (AvgIpc) is 2.21. The van der Waals surface area contributed by atoms with Gasteiger partial charge in [-0.25, -0.2) is 0 Å². The van der Waals surface area contributed by atoms with E-state index in [1.165, 1.54) is 12.8 Å². The second-order valence-electron chi connectivity index (χ2n) is 3.49. The first-order valence-electron chi connectivity index (χ1n) is 5.73. The molecule has 0 unspecified atom stereocenters. The molecule has 0 saturated heterocycles. The monoisotopic (exact) mass is 225 g/mol. The van der Waals surface area contributed by atoms with Gasteiger partial charge < -0.3 is 22.1 Å². The summed E-state index contributed by atoms with van der Waals surface area (Å²) in [5.41, 5.74) is 10.8. The minimum atomic E-state index is 0. The Morgan fingerprint density at radius 3 is 1.27 bits per heavy atom. The van der Waals surface area contributed by atoms with E-state index in [0.29, 0.717) is 0 Å². The Morgan fingerprint density at radius 2 is 0.933 bits per heavy atom. The van der Waals surface area contributed by atoms with Gasteiger partial charge in [0.05, 0.1) is 0 Å². The van der Waals surface area contributed by atoms with Crippen molar-refractivity contribution in [2.75, 3.05) is 39.3 Å². The van der Waals surface area contributed by atoms with Crippen LogP contribution in [0.3, 0.4) is 0 Å². The Morgan fingerprint density at radius 1 is 0.600 bits per heavy atom. The van der Waals surface area contributed by atoms with Gasteiger partial charge in [-0.1, -0.05) is 0 Å². The Bertz CT molecular complexity index is 91.4. The average molecular weight is 225 g/mol. The smallest absolute Gasteiger partial charge is 0 e. The topological polar surface area (TPSA) is 76.1 Å². The van der Waals surface area contributed by atoms with E-state index in [9.17, 15) is 0 Å². The quantitative estimate of drug-likeness (QED) is 0.276. The molecular formula is C10H26N4Na. The molecule has 0 aliphatic heterocycles. The predicted octanol–water partition coefficient (Wildman–Crippen LogP) is -0.737. The zero-order valence-corrected chi connectivity index (χ0v) is 12.2. The first-order chi connectivity index (χ1) is 6.91. The second kappa shape index (κ2) is 17.2. The van der Waals surface area contributed by atoms with Crippen LogP contribution in [0.4, 0.5) is 0 Å². The maximum Gasteiger partial charge on any atom is 0 e. The zero-order chi connectivity index (χ0) is 10.5. The molecular weight excluding hydrogens is 199 g/mol. The van der Waals surface area contributed by atoms with Crippen molar-refractivity contribution >= 4 is 29.6 Å². The molecule has 0 aliphatic rings. The molecule has 0 aliphatic carbocycles. The van der Waals surface area contributed by atoms with Crippen molar-refractivity contribution in [3.05, 3.63) is 0 Å². The largest absolute Gasteiger partial charge is 0.330 e. The van der Waals surface area contributed by atoms with Crippen LogP contribution in [0.1, 0.15) is 25.7 Å². The van der Waals surface area contributed by atoms with Gasteiger partial charge in [0.15, 0.2) is 0 Å². The van der Waals surface area contributed by atoms with Crippen molar-refractivity contribution in [3.8, 4) is 0 Å². The fourth-order valence-electron chi connectivity index (χ4n) is 1.20. The van der Waals surface area contributed by atoms with Crippen LogP contribution in [0.25, 0.3) is 0 Å². The minimum absolute atomic E-state index is 0. The summed E-state index contributed by atoms with van der Waals surface area (Å²) in [4.78, 5) is 0. The van der Waals surface area contributed by atoms with Gasteiger partial charge in [-0.2, -0.15) is 0 Å². The molecule has 1 radical (unpaired) electrons. The molecule has 0 amide bonds. The Kier molecular flexibility index (Phi) is 20.9. The molecule has 0 atom stereocenters. The maximum atomic E-state index is 5.38. The number of hydrogen-bond donors (Lipinski definition) is 4. The molecule has 0 heterocycles. The number of nitrogens with one attached hydrogen (secondary N) is 2. The molecule has 15 heavy (non-hydrogen) atoms. The normalized spacial score (nSPS) is 10.0. The molecule has 0 spiro atoms. The molecule has 0 aromatic rings. The first kappa shape index (κ1) is 18.2. The van der Waals surface area contributed by atoms with E-state index in [4.69, 9.17) is 11.5 Å². The SMILES string of the molecule is NCCCNCCCCNCCCN.[Na]. The summed E-state index contributed by atoms with van der Waals surface area (Å²) in [6, 6.07) is 0. The summed E-state index contributed by atoms with van der Waals surface area (Å²) in [5, 5.41) is 6.72. The van der Waals surface area contributed by atoms with Gasteiger partial charge >= 0.3 is 0 Å². The van der Waals surface area contributed by atoms with Crippen molar-refractivity contribution in [2.45, 2.75) is 25.7 Å². The van der Waals surface area contributed by atoms with Crippen LogP contribution in [-0.4, -0.2) is 68.8 Å². The van der Waals surface area contributed by atoms with E-state index in [-0.39, 0.29) is 29.6 Å². The third-order valence-corrected chi connectivity index (χ3v) is 2.07. The molecule has 0 rings (SSSR count). The van der Waals surface area contributed by atoms with Gasteiger partial charge in [0, 0.05) is 29.6 Å². The molecule has 0 aromatic carbocycles. The van der Waals surface area contributed by atoms with Crippen LogP contribution < -0.4 is 22.1 Å². The summed E-state index contributed by atoms with van der Waals surface area (Å²) in [6.45, 7) is 5.90. The van der Waals surface area contributed by atoms with Gasteiger partial charge in [0.2, 0.25) is 0 Å². The molecule has 5 heteroatoms. The molecule has 4 nitrogen and oxygen atoms in total. The van der Waals surface area contributed by atoms with E-state index in [1.807, 2.05) is 0 Å². The standard InChI is InChI=1S/C10H26N4.Na/c11-5-3-9-13-7-1-2-8-14-10-4-6-12;/h13-14H,1-12H2;. The Hall–Kier alpha value is 0.840. The Labute approximate surface area is 116 Å². The number of unbranched alkanes of at least 4 members (excludes halogenated alkanes) is 1. The number of rotatable bonds is 11. The molecule has 0 bridgehead atoms. The van der Waals surface area contributed by atoms with Gasteiger partial charge in [0.25, 0.3) is 0 Å². The van der Waals surface area contributed by atoms with Crippen molar-refractivity contribution in [1.82, 2.24) is 10.6 Å².